The third-order valence-corrected chi connectivity index (χ3v) is 5.34. The summed E-state index contributed by atoms with van der Waals surface area (Å²) in [7, 11) is 0. The van der Waals surface area contributed by atoms with Crippen LogP contribution in [-0.4, -0.2) is 37.1 Å². The van der Waals surface area contributed by atoms with Crippen LogP contribution in [0.5, 0.6) is 0 Å². The second kappa shape index (κ2) is 7.85. The third-order valence-electron chi connectivity index (χ3n) is 5.34. The van der Waals surface area contributed by atoms with Crippen molar-refractivity contribution in [1.29, 1.82) is 0 Å². The van der Waals surface area contributed by atoms with Gasteiger partial charge in [0.15, 0.2) is 0 Å². The molecule has 0 aromatic heterocycles. The fourth-order valence-electron chi connectivity index (χ4n) is 3.67. The standard InChI is InChI=1S/C22H30N2/c1-18-9-10-19(2)22(17-18)24-15-13-23(14-16-24)20(3)11-12-21-7-5-4-6-8-21/h4-10,17,20H,11-16H2,1-3H3/t20-/m0/s1. The van der Waals surface area contributed by atoms with Crippen LogP contribution < -0.4 is 4.90 Å². The minimum absolute atomic E-state index is 0.658. The molecule has 0 spiro atoms. The lowest BCUT2D eigenvalue weighted by molar-refractivity contribution is 0.188. The van der Waals surface area contributed by atoms with Gasteiger partial charge in [0.25, 0.3) is 0 Å². The molecule has 24 heavy (non-hydrogen) atoms. The molecule has 2 nitrogen and oxygen atoms in total. The Morgan fingerprint density at radius 3 is 2.33 bits per heavy atom. The molecule has 2 aromatic carbocycles. The van der Waals surface area contributed by atoms with Crippen LogP contribution in [-0.2, 0) is 6.42 Å². The van der Waals surface area contributed by atoms with Crippen LogP contribution in [0.15, 0.2) is 48.5 Å². The largest absolute Gasteiger partial charge is 0.369 e. The van der Waals surface area contributed by atoms with Crippen molar-refractivity contribution in [3.05, 3.63) is 65.2 Å². The first-order valence-corrected chi connectivity index (χ1v) is 9.23. The van der Waals surface area contributed by atoms with Crippen LogP contribution in [0.4, 0.5) is 5.69 Å². The average Bonchev–Trinajstić information content (AvgIpc) is 2.63. The number of aryl methyl sites for hydroxylation is 3. The maximum absolute atomic E-state index is 2.66. The molecule has 0 N–H and O–H groups in total. The van der Waals surface area contributed by atoms with E-state index in [9.17, 15) is 0 Å². The normalized spacial score (nSPS) is 17.0. The van der Waals surface area contributed by atoms with Crippen molar-refractivity contribution in [3.8, 4) is 0 Å². The van der Waals surface area contributed by atoms with Crippen molar-refractivity contribution in [2.45, 2.75) is 39.7 Å². The molecule has 1 heterocycles. The maximum atomic E-state index is 2.66. The second-order valence-corrected chi connectivity index (χ2v) is 7.19. The van der Waals surface area contributed by atoms with Gasteiger partial charge in [0.05, 0.1) is 0 Å². The van der Waals surface area contributed by atoms with Crippen LogP contribution in [0, 0.1) is 13.8 Å². The summed E-state index contributed by atoms with van der Waals surface area (Å²) in [5.74, 6) is 0. The number of rotatable bonds is 5. The molecule has 2 heteroatoms. The molecular weight excluding hydrogens is 292 g/mol. The summed E-state index contributed by atoms with van der Waals surface area (Å²) < 4.78 is 0. The van der Waals surface area contributed by atoms with E-state index in [1.807, 2.05) is 0 Å². The van der Waals surface area contributed by atoms with Crippen molar-refractivity contribution in [2.24, 2.45) is 0 Å². The third kappa shape index (κ3) is 4.18. The van der Waals surface area contributed by atoms with E-state index in [0.29, 0.717) is 6.04 Å². The van der Waals surface area contributed by atoms with Crippen LogP contribution in [0.2, 0.25) is 0 Å². The lowest BCUT2D eigenvalue weighted by Gasteiger charge is -2.39. The summed E-state index contributed by atoms with van der Waals surface area (Å²) in [5, 5.41) is 0. The van der Waals surface area contributed by atoms with Crippen molar-refractivity contribution < 1.29 is 0 Å². The molecule has 0 amide bonds. The zero-order valence-electron chi connectivity index (χ0n) is 15.3. The Balaban J connectivity index is 1.52. The van der Waals surface area contributed by atoms with E-state index in [4.69, 9.17) is 0 Å². The minimum Gasteiger partial charge on any atom is -0.369 e. The Morgan fingerprint density at radius 2 is 1.62 bits per heavy atom. The first kappa shape index (κ1) is 17.0. The Labute approximate surface area is 147 Å². The number of hydrogen-bond donors (Lipinski definition) is 0. The summed E-state index contributed by atoms with van der Waals surface area (Å²) in [6, 6.07) is 18.3. The highest BCUT2D eigenvalue weighted by atomic mass is 15.3. The van der Waals surface area contributed by atoms with Gasteiger partial charge in [-0.2, -0.15) is 0 Å². The molecule has 1 saturated heterocycles. The molecule has 1 fully saturated rings. The zero-order valence-corrected chi connectivity index (χ0v) is 15.3. The highest BCUT2D eigenvalue weighted by Gasteiger charge is 2.21. The summed E-state index contributed by atoms with van der Waals surface area (Å²) >= 11 is 0. The molecule has 128 valence electrons. The van der Waals surface area contributed by atoms with Gasteiger partial charge in [0.1, 0.15) is 0 Å². The minimum atomic E-state index is 0.658. The quantitative estimate of drug-likeness (QED) is 0.802. The molecule has 2 aromatic rings. The predicted octanol–water partition coefficient (Wildman–Crippen LogP) is 4.45. The lowest BCUT2D eigenvalue weighted by atomic mass is 10.0. The van der Waals surface area contributed by atoms with Crippen molar-refractivity contribution in [1.82, 2.24) is 4.90 Å². The van der Waals surface area contributed by atoms with Crippen LogP contribution in [0.3, 0.4) is 0 Å². The van der Waals surface area contributed by atoms with Crippen LogP contribution in [0.1, 0.15) is 30.0 Å². The smallest absolute Gasteiger partial charge is 0.0399 e. The first-order valence-electron chi connectivity index (χ1n) is 9.23. The Morgan fingerprint density at radius 1 is 0.917 bits per heavy atom. The highest BCUT2D eigenvalue weighted by Crippen LogP contribution is 2.23. The molecule has 1 aliphatic rings. The summed E-state index contributed by atoms with van der Waals surface area (Å²) in [4.78, 5) is 5.22. The Kier molecular flexibility index (Phi) is 5.57. The molecule has 0 aliphatic carbocycles. The fourth-order valence-corrected chi connectivity index (χ4v) is 3.67. The van der Waals surface area contributed by atoms with E-state index in [0.717, 1.165) is 13.1 Å². The molecule has 0 saturated carbocycles. The van der Waals surface area contributed by atoms with Gasteiger partial charge in [-0.15, -0.1) is 0 Å². The van der Waals surface area contributed by atoms with Gasteiger partial charge in [0, 0.05) is 37.9 Å². The van der Waals surface area contributed by atoms with E-state index >= 15 is 0 Å². The number of hydrogen-bond acceptors (Lipinski definition) is 2. The summed E-state index contributed by atoms with van der Waals surface area (Å²) in [6.45, 7) is 11.4. The maximum Gasteiger partial charge on any atom is 0.0399 e. The number of piperazine rings is 1. The van der Waals surface area contributed by atoms with Crippen LogP contribution >= 0.6 is 0 Å². The van der Waals surface area contributed by atoms with Gasteiger partial charge >= 0.3 is 0 Å². The Bertz CT molecular complexity index is 642. The molecule has 1 atom stereocenters. The van der Waals surface area contributed by atoms with E-state index in [-0.39, 0.29) is 0 Å². The molecular formula is C22H30N2. The van der Waals surface area contributed by atoms with Crippen LogP contribution in [0.25, 0.3) is 0 Å². The van der Waals surface area contributed by atoms with Gasteiger partial charge in [-0.05, 0) is 56.4 Å². The second-order valence-electron chi connectivity index (χ2n) is 7.19. The summed E-state index contributed by atoms with van der Waals surface area (Å²) in [6.07, 6.45) is 2.42. The van der Waals surface area contributed by atoms with E-state index < -0.39 is 0 Å². The molecule has 3 rings (SSSR count). The van der Waals surface area contributed by atoms with Gasteiger partial charge < -0.3 is 4.90 Å². The molecule has 1 aliphatic heterocycles. The van der Waals surface area contributed by atoms with E-state index in [1.54, 1.807) is 0 Å². The van der Waals surface area contributed by atoms with Gasteiger partial charge in [-0.3, -0.25) is 4.90 Å². The highest BCUT2D eigenvalue weighted by molar-refractivity contribution is 5.55. The number of benzene rings is 2. The molecule has 0 bridgehead atoms. The SMILES string of the molecule is Cc1ccc(C)c(N2CCN([C@@H](C)CCc3ccccc3)CC2)c1. The number of nitrogens with zero attached hydrogens (tertiary/aromatic N) is 2. The lowest BCUT2D eigenvalue weighted by Crippen LogP contribution is -2.49. The zero-order chi connectivity index (χ0) is 16.9. The van der Waals surface area contributed by atoms with Gasteiger partial charge in [-0.1, -0.05) is 42.5 Å². The monoisotopic (exact) mass is 322 g/mol. The number of anilines is 1. The van der Waals surface area contributed by atoms with Gasteiger partial charge in [-0.25, -0.2) is 0 Å². The molecule has 0 radical (unpaired) electrons. The summed E-state index contributed by atoms with van der Waals surface area (Å²) in [5.41, 5.74) is 5.63. The van der Waals surface area contributed by atoms with E-state index in [2.05, 4.69) is 79.1 Å². The van der Waals surface area contributed by atoms with Gasteiger partial charge in [0.2, 0.25) is 0 Å². The first-order chi connectivity index (χ1) is 11.6. The van der Waals surface area contributed by atoms with E-state index in [1.165, 1.54) is 48.3 Å². The topological polar surface area (TPSA) is 6.48 Å². The predicted molar refractivity (Wildman–Crippen MR) is 104 cm³/mol. The van der Waals surface area contributed by atoms with Crippen molar-refractivity contribution >= 4 is 5.69 Å². The van der Waals surface area contributed by atoms with Crippen molar-refractivity contribution in [3.63, 3.8) is 0 Å². The Hall–Kier alpha value is -1.80. The fraction of sp³-hybridized carbons (Fsp3) is 0.455. The average molecular weight is 322 g/mol. The molecule has 0 unspecified atom stereocenters. The van der Waals surface area contributed by atoms with Crippen molar-refractivity contribution in [2.75, 3.05) is 31.1 Å².